The van der Waals surface area contributed by atoms with E-state index < -0.39 is 4.92 Å². The molecule has 94 valence electrons. The molecule has 0 radical (unpaired) electrons. The lowest BCUT2D eigenvalue weighted by Crippen LogP contribution is -2.00. The second kappa shape index (κ2) is 4.59. The highest BCUT2D eigenvalue weighted by Crippen LogP contribution is 2.31. The van der Waals surface area contributed by atoms with Gasteiger partial charge in [0.2, 0.25) is 0 Å². The summed E-state index contributed by atoms with van der Waals surface area (Å²) in [6.07, 6.45) is 0. The number of aromatic nitrogens is 2. The lowest BCUT2D eigenvalue weighted by Gasteiger charge is -2.06. The van der Waals surface area contributed by atoms with Crippen LogP contribution < -0.4 is 0 Å². The van der Waals surface area contributed by atoms with E-state index in [1.165, 1.54) is 4.68 Å². The molecule has 18 heavy (non-hydrogen) atoms. The molecule has 5 nitrogen and oxygen atoms in total. The lowest BCUT2D eigenvalue weighted by atomic mass is 10.3. The highest BCUT2D eigenvalue weighted by atomic mass is 35.5. The first-order chi connectivity index (χ1) is 8.43. The minimum absolute atomic E-state index is 0.00829. The van der Waals surface area contributed by atoms with E-state index in [1.807, 2.05) is 0 Å². The first-order valence-corrected chi connectivity index (χ1v) is 5.84. The third-order valence-corrected chi connectivity index (χ3v) is 3.40. The predicted molar refractivity (Wildman–Crippen MR) is 69.7 cm³/mol. The van der Waals surface area contributed by atoms with Gasteiger partial charge in [0, 0.05) is 0 Å². The van der Waals surface area contributed by atoms with Gasteiger partial charge in [-0.3, -0.25) is 10.1 Å². The molecule has 2 rings (SSSR count). The highest BCUT2D eigenvalue weighted by Gasteiger charge is 2.23. The average Bonchev–Trinajstić information content (AvgIpc) is 2.58. The van der Waals surface area contributed by atoms with Crippen molar-refractivity contribution in [1.29, 1.82) is 0 Å². The fraction of sp³-hybridized carbons (Fsp3) is 0.182. The molecule has 1 heterocycles. The van der Waals surface area contributed by atoms with Gasteiger partial charge in [-0.25, -0.2) is 4.68 Å². The molecule has 0 aliphatic heterocycles. The minimum Gasteiger partial charge on any atom is -0.258 e. The predicted octanol–water partition coefficient (Wildman–Crippen LogP) is 3.70. The summed E-state index contributed by atoms with van der Waals surface area (Å²) in [6, 6.07) is 5.07. The molecule has 0 bridgehead atoms. The van der Waals surface area contributed by atoms with E-state index in [2.05, 4.69) is 5.10 Å². The summed E-state index contributed by atoms with van der Waals surface area (Å²) in [6.45, 7) is 3.20. The van der Waals surface area contributed by atoms with E-state index in [0.717, 1.165) is 0 Å². The Balaban J connectivity index is 2.69. The standard InChI is InChI=1S/C11H9Cl2N3O2/c1-6-11(16(17)18)7(2)15(14-6)9-5-3-4-8(12)10(9)13/h3-5H,1-2H3. The summed E-state index contributed by atoms with van der Waals surface area (Å²) >= 11 is 12.0. The maximum absolute atomic E-state index is 10.9. The van der Waals surface area contributed by atoms with E-state index in [-0.39, 0.29) is 5.69 Å². The molecule has 0 amide bonds. The number of hydrogen-bond donors (Lipinski definition) is 0. The third kappa shape index (κ3) is 1.95. The molecular formula is C11H9Cl2N3O2. The van der Waals surface area contributed by atoms with Gasteiger partial charge >= 0.3 is 5.69 Å². The molecular weight excluding hydrogens is 277 g/mol. The summed E-state index contributed by atoms with van der Waals surface area (Å²) in [7, 11) is 0. The molecule has 1 aromatic carbocycles. The van der Waals surface area contributed by atoms with Crippen LogP contribution in [0.4, 0.5) is 5.69 Å². The van der Waals surface area contributed by atoms with Crippen molar-refractivity contribution in [3.05, 3.63) is 49.7 Å². The number of rotatable bonds is 2. The van der Waals surface area contributed by atoms with Crippen LogP contribution in [0, 0.1) is 24.0 Å². The Morgan fingerprint density at radius 3 is 2.56 bits per heavy atom. The van der Waals surface area contributed by atoms with Gasteiger partial charge in [0.15, 0.2) is 0 Å². The van der Waals surface area contributed by atoms with Crippen LogP contribution in [0.1, 0.15) is 11.4 Å². The zero-order valence-electron chi connectivity index (χ0n) is 9.65. The summed E-state index contributed by atoms with van der Waals surface area (Å²) in [5.41, 5.74) is 1.28. The summed E-state index contributed by atoms with van der Waals surface area (Å²) in [5.74, 6) is 0. The van der Waals surface area contributed by atoms with Crippen molar-refractivity contribution in [3.63, 3.8) is 0 Å². The molecule has 0 N–H and O–H groups in total. The smallest absolute Gasteiger partial charge is 0.258 e. The van der Waals surface area contributed by atoms with Crippen molar-refractivity contribution in [2.45, 2.75) is 13.8 Å². The van der Waals surface area contributed by atoms with Crippen molar-refractivity contribution in [2.24, 2.45) is 0 Å². The second-order valence-electron chi connectivity index (χ2n) is 3.76. The number of nitro groups is 1. The lowest BCUT2D eigenvalue weighted by molar-refractivity contribution is -0.386. The zero-order valence-corrected chi connectivity index (χ0v) is 11.2. The van der Waals surface area contributed by atoms with E-state index >= 15 is 0 Å². The molecule has 0 saturated carbocycles. The van der Waals surface area contributed by atoms with Crippen LogP contribution in [0.3, 0.4) is 0 Å². The molecule has 7 heteroatoms. The number of nitrogens with zero attached hydrogens (tertiary/aromatic N) is 3. The van der Waals surface area contributed by atoms with E-state index in [0.29, 0.717) is 27.1 Å². The van der Waals surface area contributed by atoms with Gasteiger partial charge in [0.25, 0.3) is 0 Å². The molecule has 0 saturated heterocycles. The van der Waals surface area contributed by atoms with Gasteiger partial charge in [0.05, 0.1) is 20.7 Å². The van der Waals surface area contributed by atoms with Crippen molar-refractivity contribution < 1.29 is 4.92 Å². The van der Waals surface area contributed by atoms with Gasteiger partial charge in [-0.1, -0.05) is 29.3 Å². The summed E-state index contributed by atoms with van der Waals surface area (Å²) in [4.78, 5) is 10.5. The van der Waals surface area contributed by atoms with Gasteiger partial charge in [0.1, 0.15) is 11.4 Å². The third-order valence-electron chi connectivity index (χ3n) is 2.60. The van der Waals surface area contributed by atoms with Gasteiger partial charge in [-0.05, 0) is 26.0 Å². The van der Waals surface area contributed by atoms with Crippen LogP contribution in [0.25, 0.3) is 5.69 Å². The Hall–Kier alpha value is -1.59. The Kier molecular flexibility index (Phi) is 3.28. The fourth-order valence-corrected chi connectivity index (χ4v) is 2.16. The van der Waals surface area contributed by atoms with Crippen molar-refractivity contribution >= 4 is 28.9 Å². The molecule has 0 aliphatic rings. The first-order valence-electron chi connectivity index (χ1n) is 5.08. The van der Waals surface area contributed by atoms with Crippen LogP contribution in [-0.2, 0) is 0 Å². The molecule has 0 atom stereocenters. The maximum Gasteiger partial charge on any atom is 0.313 e. The summed E-state index contributed by atoms with van der Waals surface area (Å²) in [5, 5.41) is 15.8. The molecule has 2 aromatic rings. The fourth-order valence-electron chi connectivity index (χ4n) is 1.79. The van der Waals surface area contributed by atoms with Crippen molar-refractivity contribution in [2.75, 3.05) is 0 Å². The van der Waals surface area contributed by atoms with Crippen LogP contribution in [-0.4, -0.2) is 14.7 Å². The van der Waals surface area contributed by atoms with Crippen LogP contribution in [0.2, 0.25) is 10.0 Å². The molecule has 0 unspecified atom stereocenters. The molecule has 0 spiro atoms. The first kappa shape index (κ1) is 12.9. The van der Waals surface area contributed by atoms with Gasteiger partial charge < -0.3 is 0 Å². The SMILES string of the molecule is Cc1nn(-c2cccc(Cl)c2Cl)c(C)c1[N+](=O)[O-]. The normalized spacial score (nSPS) is 10.7. The monoisotopic (exact) mass is 285 g/mol. The van der Waals surface area contributed by atoms with Gasteiger partial charge in [-0.15, -0.1) is 0 Å². The number of aryl methyl sites for hydroxylation is 1. The van der Waals surface area contributed by atoms with Crippen molar-refractivity contribution in [3.8, 4) is 5.69 Å². The zero-order chi connectivity index (χ0) is 13.4. The number of hydrogen-bond acceptors (Lipinski definition) is 3. The van der Waals surface area contributed by atoms with E-state index in [1.54, 1.807) is 32.0 Å². The minimum atomic E-state index is -0.452. The number of halogens is 2. The number of benzene rings is 1. The molecule has 0 fully saturated rings. The van der Waals surface area contributed by atoms with E-state index in [4.69, 9.17) is 23.2 Å². The Labute approximate surface area is 113 Å². The summed E-state index contributed by atoms with van der Waals surface area (Å²) < 4.78 is 1.43. The maximum atomic E-state index is 10.9. The highest BCUT2D eigenvalue weighted by molar-refractivity contribution is 6.43. The second-order valence-corrected chi connectivity index (χ2v) is 4.55. The topological polar surface area (TPSA) is 61.0 Å². The molecule has 0 aliphatic carbocycles. The van der Waals surface area contributed by atoms with Crippen LogP contribution >= 0.6 is 23.2 Å². The Morgan fingerprint density at radius 2 is 2.00 bits per heavy atom. The van der Waals surface area contributed by atoms with Gasteiger partial charge in [-0.2, -0.15) is 5.10 Å². The van der Waals surface area contributed by atoms with E-state index in [9.17, 15) is 10.1 Å². The Bertz CT molecular complexity index is 637. The molecule has 1 aromatic heterocycles. The van der Waals surface area contributed by atoms with Crippen LogP contribution in [0.15, 0.2) is 18.2 Å². The van der Waals surface area contributed by atoms with Crippen molar-refractivity contribution in [1.82, 2.24) is 9.78 Å². The quantitative estimate of drug-likeness (QED) is 0.624. The largest absolute Gasteiger partial charge is 0.313 e. The van der Waals surface area contributed by atoms with Crippen LogP contribution in [0.5, 0.6) is 0 Å². The average molecular weight is 286 g/mol. The Morgan fingerprint density at radius 1 is 1.33 bits per heavy atom.